The molecule has 1 aromatic heterocycles. The second-order valence-electron chi connectivity index (χ2n) is 3.99. The summed E-state index contributed by atoms with van der Waals surface area (Å²) in [7, 11) is 0. The predicted octanol–water partition coefficient (Wildman–Crippen LogP) is 2.75. The molecular formula is C14H12ClN3O. The van der Waals surface area contributed by atoms with Crippen molar-refractivity contribution < 1.29 is 5.11 Å². The molecule has 0 saturated carbocycles. The van der Waals surface area contributed by atoms with E-state index < -0.39 is 6.10 Å². The number of pyridine rings is 1. The quantitative estimate of drug-likeness (QED) is 0.899. The first-order chi connectivity index (χ1) is 9.19. The van der Waals surface area contributed by atoms with Crippen molar-refractivity contribution in [3.63, 3.8) is 0 Å². The van der Waals surface area contributed by atoms with Gasteiger partial charge < -0.3 is 10.4 Å². The molecule has 1 aromatic carbocycles. The largest absolute Gasteiger partial charge is 0.387 e. The van der Waals surface area contributed by atoms with Gasteiger partial charge in [-0.05, 0) is 29.8 Å². The Kier molecular flexibility index (Phi) is 4.35. The maximum absolute atomic E-state index is 9.99. The summed E-state index contributed by atoms with van der Waals surface area (Å²) in [6.45, 7) is 0.334. The fourth-order valence-corrected chi connectivity index (χ4v) is 1.69. The zero-order chi connectivity index (χ0) is 13.7. The summed E-state index contributed by atoms with van der Waals surface area (Å²) in [5, 5.41) is 22.3. The Morgan fingerprint density at radius 1 is 1.26 bits per heavy atom. The van der Waals surface area contributed by atoms with Gasteiger partial charge in [-0.25, -0.2) is 4.98 Å². The van der Waals surface area contributed by atoms with Crippen molar-refractivity contribution in [2.75, 3.05) is 11.9 Å². The molecule has 5 heteroatoms. The molecule has 0 spiro atoms. The fraction of sp³-hybridized carbons (Fsp3) is 0.143. The predicted molar refractivity (Wildman–Crippen MR) is 73.9 cm³/mol. The highest BCUT2D eigenvalue weighted by atomic mass is 35.5. The van der Waals surface area contributed by atoms with Crippen LogP contribution in [0, 0.1) is 11.3 Å². The Bertz CT molecular complexity index is 575. The van der Waals surface area contributed by atoms with Crippen LogP contribution in [0.2, 0.25) is 5.02 Å². The fourth-order valence-electron chi connectivity index (χ4n) is 1.57. The number of rotatable bonds is 4. The van der Waals surface area contributed by atoms with Gasteiger partial charge in [-0.3, -0.25) is 0 Å². The van der Waals surface area contributed by atoms with Crippen LogP contribution in [0.5, 0.6) is 0 Å². The number of benzene rings is 1. The number of hydrogen-bond acceptors (Lipinski definition) is 4. The third-order valence-corrected chi connectivity index (χ3v) is 2.88. The van der Waals surface area contributed by atoms with Crippen molar-refractivity contribution in [2.24, 2.45) is 0 Å². The van der Waals surface area contributed by atoms with Crippen LogP contribution in [0.4, 0.5) is 5.82 Å². The van der Waals surface area contributed by atoms with Crippen LogP contribution in [-0.4, -0.2) is 16.6 Å². The molecule has 0 amide bonds. The van der Waals surface area contributed by atoms with Crippen molar-refractivity contribution in [2.45, 2.75) is 6.10 Å². The molecule has 19 heavy (non-hydrogen) atoms. The van der Waals surface area contributed by atoms with Gasteiger partial charge >= 0.3 is 0 Å². The molecule has 2 aromatic rings. The summed E-state index contributed by atoms with van der Waals surface area (Å²) < 4.78 is 0. The van der Waals surface area contributed by atoms with E-state index in [0.717, 1.165) is 5.56 Å². The monoisotopic (exact) mass is 273 g/mol. The number of nitrogens with zero attached hydrogens (tertiary/aromatic N) is 2. The molecule has 2 rings (SSSR count). The normalized spacial score (nSPS) is 11.6. The van der Waals surface area contributed by atoms with Gasteiger partial charge in [0.1, 0.15) is 11.9 Å². The zero-order valence-electron chi connectivity index (χ0n) is 10.0. The first-order valence-corrected chi connectivity index (χ1v) is 6.10. The van der Waals surface area contributed by atoms with Crippen molar-refractivity contribution in [1.82, 2.24) is 4.98 Å². The first-order valence-electron chi connectivity index (χ1n) is 5.72. The van der Waals surface area contributed by atoms with Crippen molar-refractivity contribution in [3.8, 4) is 6.07 Å². The molecule has 1 heterocycles. The summed E-state index contributed by atoms with van der Waals surface area (Å²) in [4.78, 5) is 4.06. The third kappa shape index (κ3) is 3.68. The average molecular weight is 274 g/mol. The van der Waals surface area contributed by atoms with E-state index in [9.17, 15) is 5.11 Å². The average Bonchev–Trinajstić information content (AvgIpc) is 2.46. The molecule has 4 nitrogen and oxygen atoms in total. The maximum atomic E-state index is 9.99. The highest BCUT2D eigenvalue weighted by molar-refractivity contribution is 6.30. The minimum absolute atomic E-state index is 0.334. The van der Waals surface area contributed by atoms with Crippen LogP contribution in [0.1, 0.15) is 17.2 Å². The van der Waals surface area contributed by atoms with Crippen LogP contribution in [0.3, 0.4) is 0 Å². The molecule has 0 radical (unpaired) electrons. The molecule has 0 saturated heterocycles. The van der Waals surface area contributed by atoms with Crippen molar-refractivity contribution in [3.05, 3.63) is 58.7 Å². The molecule has 0 fully saturated rings. The summed E-state index contributed by atoms with van der Waals surface area (Å²) in [5.41, 5.74) is 1.29. The van der Waals surface area contributed by atoms with Crippen LogP contribution < -0.4 is 5.32 Å². The molecule has 0 aliphatic rings. The van der Waals surface area contributed by atoms with E-state index in [4.69, 9.17) is 16.9 Å². The molecule has 1 atom stereocenters. The van der Waals surface area contributed by atoms with Gasteiger partial charge in [0.05, 0.1) is 11.7 Å². The number of nitrogens with one attached hydrogen (secondary N) is 1. The van der Waals surface area contributed by atoms with Crippen LogP contribution in [0.15, 0.2) is 42.6 Å². The lowest BCUT2D eigenvalue weighted by Crippen LogP contribution is -2.12. The van der Waals surface area contributed by atoms with Gasteiger partial charge in [-0.15, -0.1) is 0 Å². The second kappa shape index (κ2) is 6.19. The summed E-state index contributed by atoms with van der Waals surface area (Å²) in [6, 6.07) is 12.4. The number of nitriles is 1. The summed E-state index contributed by atoms with van der Waals surface area (Å²) >= 11 is 5.78. The van der Waals surface area contributed by atoms with Gasteiger partial charge in [0.15, 0.2) is 0 Å². The van der Waals surface area contributed by atoms with Gasteiger partial charge in [0.2, 0.25) is 0 Å². The van der Waals surface area contributed by atoms with E-state index >= 15 is 0 Å². The topological polar surface area (TPSA) is 68.9 Å². The van der Waals surface area contributed by atoms with Crippen molar-refractivity contribution >= 4 is 17.4 Å². The van der Waals surface area contributed by atoms with E-state index in [0.29, 0.717) is 22.9 Å². The lowest BCUT2D eigenvalue weighted by atomic mass is 10.1. The van der Waals surface area contributed by atoms with Crippen molar-refractivity contribution in [1.29, 1.82) is 5.26 Å². The van der Waals surface area contributed by atoms with Crippen LogP contribution >= 0.6 is 11.6 Å². The van der Waals surface area contributed by atoms with E-state index in [-0.39, 0.29) is 0 Å². The highest BCUT2D eigenvalue weighted by Crippen LogP contribution is 2.17. The Morgan fingerprint density at radius 2 is 2.00 bits per heavy atom. The maximum Gasteiger partial charge on any atom is 0.126 e. The Hall–Kier alpha value is -2.09. The second-order valence-corrected chi connectivity index (χ2v) is 4.43. The van der Waals surface area contributed by atoms with Crippen LogP contribution in [0.25, 0.3) is 0 Å². The lowest BCUT2D eigenvalue weighted by molar-refractivity contribution is 0.191. The van der Waals surface area contributed by atoms with E-state index in [1.54, 1.807) is 36.4 Å². The highest BCUT2D eigenvalue weighted by Gasteiger charge is 2.07. The Morgan fingerprint density at radius 3 is 2.58 bits per heavy atom. The molecular weight excluding hydrogens is 262 g/mol. The SMILES string of the molecule is N#Cc1ccc(NCC(O)c2ccc(Cl)cc2)nc1. The standard InChI is InChI=1S/C14H12ClN3O/c15-12-4-2-11(3-5-12)13(19)9-18-14-6-1-10(7-16)8-17-14/h1-6,8,13,19H,9H2,(H,17,18). The minimum atomic E-state index is -0.644. The van der Waals surface area contributed by atoms with E-state index in [1.165, 1.54) is 6.20 Å². The molecule has 0 bridgehead atoms. The zero-order valence-corrected chi connectivity index (χ0v) is 10.8. The minimum Gasteiger partial charge on any atom is -0.387 e. The third-order valence-electron chi connectivity index (χ3n) is 2.62. The summed E-state index contributed by atoms with van der Waals surface area (Å²) in [6.07, 6.45) is 0.839. The van der Waals surface area contributed by atoms with E-state index in [2.05, 4.69) is 10.3 Å². The molecule has 2 N–H and O–H groups in total. The Balaban J connectivity index is 1.94. The van der Waals surface area contributed by atoms with Gasteiger partial charge in [-0.1, -0.05) is 23.7 Å². The number of aliphatic hydroxyl groups excluding tert-OH is 1. The molecule has 1 unspecified atom stereocenters. The number of halogens is 1. The van der Waals surface area contributed by atoms with Gasteiger partial charge in [0, 0.05) is 17.8 Å². The number of hydrogen-bond donors (Lipinski definition) is 2. The Labute approximate surface area is 116 Å². The molecule has 0 aliphatic carbocycles. The van der Waals surface area contributed by atoms with E-state index in [1.807, 2.05) is 6.07 Å². The number of anilines is 1. The number of aliphatic hydroxyl groups is 1. The first kappa shape index (κ1) is 13.3. The molecule has 0 aliphatic heterocycles. The molecule has 96 valence electrons. The smallest absolute Gasteiger partial charge is 0.126 e. The van der Waals surface area contributed by atoms with Crippen LogP contribution in [-0.2, 0) is 0 Å². The lowest BCUT2D eigenvalue weighted by Gasteiger charge is -2.12. The van der Waals surface area contributed by atoms with Gasteiger partial charge in [0.25, 0.3) is 0 Å². The van der Waals surface area contributed by atoms with Gasteiger partial charge in [-0.2, -0.15) is 5.26 Å². The number of aromatic nitrogens is 1. The summed E-state index contributed by atoms with van der Waals surface area (Å²) in [5.74, 6) is 0.618.